The maximum absolute atomic E-state index is 11.2. The molecule has 13 heavy (non-hydrogen) atoms. The van der Waals surface area contributed by atoms with E-state index >= 15 is 0 Å². The molecule has 1 aromatic heterocycles. The van der Waals surface area contributed by atoms with Crippen molar-refractivity contribution in [2.24, 2.45) is 0 Å². The first-order valence-electron chi connectivity index (χ1n) is 4.79. The lowest BCUT2D eigenvalue weighted by atomic mass is 10.3. The third-order valence-electron chi connectivity index (χ3n) is 2.02. The second-order valence-corrected chi connectivity index (χ2v) is 3.11. The molecule has 0 saturated heterocycles. The molecule has 1 heterocycles. The normalized spacial score (nSPS) is 10.3. The van der Waals surface area contributed by atoms with Crippen molar-refractivity contribution in [2.45, 2.75) is 39.7 Å². The molecule has 3 nitrogen and oxygen atoms in total. The Morgan fingerprint density at radius 2 is 2.31 bits per heavy atom. The van der Waals surface area contributed by atoms with Gasteiger partial charge in [0.05, 0.1) is 6.54 Å². The van der Waals surface area contributed by atoms with Crippen molar-refractivity contribution >= 4 is 5.78 Å². The van der Waals surface area contributed by atoms with Crippen LogP contribution in [-0.4, -0.2) is 15.3 Å². The molecule has 0 aliphatic heterocycles. The number of carbonyl (C=O) groups is 1. The van der Waals surface area contributed by atoms with E-state index in [1.54, 1.807) is 6.20 Å². The summed E-state index contributed by atoms with van der Waals surface area (Å²) in [5.74, 6) is 1.28. The molecule has 0 aliphatic rings. The van der Waals surface area contributed by atoms with Crippen molar-refractivity contribution in [1.82, 2.24) is 9.55 Å². The van der Waals surface area contributed by atoms with E-state index in [9.17, 15) is 4.79 Å². The zero-order valence-electron chi connectivity index (χ0n) is 8.29. The van der Waals surface area contributed by atoms with E-state index in [2.05, 4.69) is 11.9 Å². The van der Waals surface area contributed by atoms with Crippen molar-refractivity contribution in [3.8, 4) is 0 Å². The highest BCUT2D eigenvalue weighted by molar-refractivity contribution is 5.77. The number of carbonyl (C=O) groups excluding carboxylic acids is 1. The zero-order valence-corrected chi connectivity index (χ0v) is 8.29. The average Bonchev–Trinajstić information content (AvgIpc) is 2.54. The summed E-state index contributed by atoms with van der Waals surface area (Å²) < 4.78 is 1.94. The Hall–Kier alpha value is -1.12. The van der Waals surface area contributed by atoms with Gasteiger partial charge >= 0.3 is 0 Å². The highest BCUT2D eigenvalue weighted by atomic mass is 16.1. The number of ketones is 1. The van der Waals surface area contributed by atoms with Crippen LogP contribution in [0.15, 0.2) is 12.4 Å². The van der Waals surface area contributed by atoms with Crippen molar-refractivity contribution in [3.63, 3.8) is 0 Å². The number of nitrogens with zero attached hydrogens (tertiary/aromatic N) is 2. The van der Waals surface area contributed by atoms with Crippen molar-refractivity contribution in [2.75, 3.05) is 0 Å². The van der Waals surface area contributed by atoms with Gasteiger partial charge in [-0.1, -0.05) is 13.8 Å². The Balaban J connectivity index is 2.64. The molecule has 0 atom stereocenters. The highest BCUT2D eigenvalue weighted by Crippen LogP contribution is 2.01. The Morgan fingerprint density at radius 1 is 1.54 bits per heavy atom. The van der Waals surface area contributed by atoms with E-state index in [4.69, 9.17) is 0 Å². The van der Waals surface area contributed by atoms with Gasteiger partial charge in [0.15, 0.2) is 5.78 Å². The Labute approximate surface area is 78.8 Å². The van der Waals surface area contributed by atoms with Gasteiger partial charge < -0.3 is 4.57 Å². The molecule has 0 aromatic carbocycles. The summed E-state index contributed by atoms with van der Waals surface area (Å²) in [5, 5.41) is 0. The number of rotatable bonds is 5. The van der Waals surface area contributed by atoms with Crippen molar-refractivity contribution in [3.05, 3.63) is 18.2 Å². The standard InChI is InChI=1S/C10H16N2O/c1-3-5-10-11-6-7-12(10)8-9(13)4-2/h6-7H,3-5,8H2,1-2H3. The molecule has 0 aliphatic carbocycles. The van der Waals surface area contributed by atoms with Gasteiger partial charge in [0.25, 0.3) is 0 Å². The first kappa shape index (κ1) is 9.96. The SMILES string of the molecule is CCCc1nccn1CC(=O)CC. The molecular weight excluding hydrogens is 164 g/mol. The predicted molar refractivity (Wildman–Crippen MR) is 51.5 cm³/mol. The van der Waals surface area contributed by atoms with E-state index in [1.165, 1.54) is 0 Å². The van der Waals surface area contributed by atoms with Crippen LogP contribution in [-0.2, 0) is 17.8 Å². The van der Waals surface area contributed by atoms with E-state index < -0.39 is 0 Å². The second-order valence-electron chi connectivity index (χ2n) is 3.11. The number of Topliss-reactive ketones (excluding diaryl/α,β-unsaturated/α-hetero) is 1. The van der Waals surface area contributed by atoms with Crippen LogP contribution in [0.2, 0.25) is 0 Å². The van der Waals surface area contributed by atoms with Gasteiger partial charge in [-0.25, -0.2) is 4.98 Å². The maximum Gasteiger partial charge on any atom is 0.152 e. The third kappa shape index (κ3) is 2.68. The monoisotopic (exact) mass is 180 g/mol. The smallest absolute Gasteiger partial charge is 0.152 e. The Morgan fingerprint density at radius 3 is 2.92 bits per heavy atom. The molecule has 0 bridgehead atoms. The Bertz CT molecular complexity index is 278. The number of hydrogen-bond donors (Lipinski definition) is 0. The van der Waals surface area contributed by atoms with Crippen LogP contribution < -0.4 is 0 Å². The molecule has 0 fully saturated rings. The third-order valence-corrected chi connectivity index (χ3v) is 2.02. The molecule has 0 unspecified atom stereocenters. The van der Waals surface area contributed by atoms with Gasteiger partial charge in [-0.3, -0.25) is 4.79 Å². The highest BCUT2D eigenvalue weighted by Gasteiger charge is 2.04. The van der Waals surface area contributed by atoms with Crippen LogP contribution in [0.5, 0.6) is 0 Å². The fraction of sp³-hybridized carbons (Fsp3) is 0.600. The summed E-state index contributed by atoms with van der Waals surface area (Å²) in [6.45, 7) is 4.48. The van der Waals surface area contributed by atoms with Gasteiger partial charge in [0.2, 0.25) is 0 Å². The van der Waals surface area contributed by atoms with E-state index in [0.717, 1.165) is 18.7 Å². The molecule has 0 saturated carbocycles. The topological polar surface area (TPSA) is 34.9 Å². The molecule has 0 radical (unpaired) electrons. The molecule has 1 aromatic rings. The van der Waals surface area contributed by atoms with Crippen LogP contribution in [0.1, 0.15) is 32.5 Å². The fourth-order valence-electron chi connectivity index (χ4n) is 1.24. The number of imidazole rings is 1. The second kappa shape index (κ2) is 4.80. The number of hydrogen-bond acceptors (Lipinski definition) is 2. The molecular formula is C10H16N2O. The summed E-state index contributed by atoms with van der Waals surface area (Å²) in [7, 11) is 0. The van der Waals surface area contributed by atoms with Crippen LogP contribution in [0.3, 0.4) is 0 Å². The molecule has 0 N–H and O–H groups in total. The van der Waals surface area contributed by atoms with Gasteiger partial charge in [0, 0.05) is 25.2 Å². The van der Waals surface area contributed by atoms with Gasteiger partial charge in [-0.2, -0.15) is 0 Å². The number of aryl methyl sites for hydroxylation is 1. The van der Waals surface area contributed by atoms with Crippen LogP contribution in [0.25, 0.3) is 0 Å². The summed E-state index contributed by atoms with van der Waals surface area (Å²) in [4.78, 5) is 15.4. The van der Waals surface area contributed by atoms with Crippen LogP contribution in [0, 0.1) is 0 Å². The molecule has 1 rings (SSSR count). The van der Waals surface area contributed by atoms with E-state index in [-0.39, 0.29) is 5.78 Å². The first-order valence-corrected chi connectivity index (χ1v) is 4.79. The largest absolute Gasteiger partial charge is 0.328 e. The molecule has 0 spiro atoms. The maximum atomic E-state index is 11.2. The van der Waals surface area contributed by atoms with E-state index in [0.29, 0.717) is 13.0 Å². The van der Waals surface area contributed by atoms with Gasteiger partial charge in [0.1, 0.15) is 5.82 Å². The summed E-state index contributed by atoms with van der Waals surface area (Å²) in [6, 6.07) is 0. The summed E-state index contributed by atoms with van der Waals surface area (Å²) in [5.41, 5.74) is 0. The lowest BCUT2D eigenvalue weighted by Crippen LogP contribution is -2.11. The molecule has 3 heteroatoms. The van der Waals surface area contributed by atoms with Gasteiger partial charge in [-0.15, -0.1) is 0 Å². The zero-order chi connectivity index (χ0) is 9.68. The average molecular weight is 180 g/mol. The van der Waals surface area contributed by atoms with Crippen molar-refractivity contribution in [1.29, 1.82) is 0 Å². The predicted octanol–water partition coefficient (Wildman–Crippen LogP) is 1.81. The van der Waals surface area contributed by atoms with Crippen molar-refractivity contribution < 1.29 is 4.79 Å². The minimum atomic E-state index is 0.260. The lowest BCUT2D eigenvalue weighted by Gasteiger charge is -2.04. The lowest BCUT2D eigenvalue weighted by molar-refractivity contribution is -0.119. The van der Waals surface area contributed by atoms with Crippen LogP contribution in [0.4, 0.5) is 0 Å². The Kier molecular flexibility index (Phi) is 3.68. The minimum Gasteiger partial charge on any atom is -0.328 e. The van der Waals surface area contributed by atoms with Gasteiger partial charge in [-0.05, 0) is 6.42 Å². The summed E-state index contributed by atoms with van der Waals surface area (Å²) in [6.07, 6.45) is 6.25. The molecule has 72 valence electrons. The van der Waals surface area contributed by atoms with Crippen LogP contribution >= 0.6 is 0 Å². The van der Waals surface area contributed by atoms with E-state index in [1.807, 2.05) is 17.7 Å². The molecule has 0 amide bonds. The first-order chi connectivity index (χ1) is 6.27. The quantitative estimate of drug-likeness (QED) is 0.692. The number of aromatic nitrogens is 2. The minimum absolute atomic E-state index is 0.260. The fourth-order valence-corrected chi connectivity index (χ4v) is 1.24. The summed E-state index contributed by atoms with van der Waals surface area (Å²) >= 11 is 0.